The molecule has 1 saturated carbocycles. The van der Waals surface area contributed by atoms with Crippen molar-refractivity contribution >= 4 is 10.0 Å². The molecule has 0 saturated heterocycles. The second-order valence-corrected chi connectivity index (χ2v) is 6.69. The van der Waals surface area contributed by atoms with Gasteiger partial charge in [-0.05, 0) is 25.2 Å². The zero-order chi connectivity index (χ0) is 14.9. The monoisotopic (exact) mass is 308 g/mol. The summed E-state index contributed by atoms with van der Waals surface area (Å²) in [6.07, 6.45) is 2.22. The standard InChI is InChI=1S/C12H15F3N2O2S/c13-8-4-10(14)12(11(15)5-8)20(18,19)17-6-7-1-2-9(16)3-7/h4-5,7,9,17H,1-3,6,16H2. The average molecular weight is 308 g/mol. The van der Waals surface area contributed by atoms with Gasteiger partial charge in [-0.3, -0.25) is 0 Å². The summed E-state index contributed by atoms with van der Waals surface area (Å²) in [4.78, 5) is -1.15. The predicted molar refractivity (Wildman–Crippen MR) is 66.8 cm³/mol. The molecule has 1 aliphatic carbocycles. The summed E-state index contributed by atoms with van der Waals surface area (Å²) in [5.74, 6) is -4.01. The molecular formula is C12H15F3N2O2S. The van der Waals surface area contributed by atoms with Crippen molar-refractivity contribution in [3.8, 4) is 0 Å². The first-order valence-corrected chi connectivity index (χ1v) is 7.67. The molecular weight excluding hydrogens is 293 g/mol. The van der Waals surface area contributed by atoms with Crippen LogP contribution >= 0.6 is 0 Å². The van der Waals surface area contributed by atoms with Crippen molar-refractivity contribution in [1.82, 2.24) is 4.72 Å². The van der Waals surface area contributed by atoms with Crippen molar-refractivity contribution < 1.29 is 21.6 Å². The normalized spacial score (nSPS) is 23.2. The van der Waals surface area contributed by atoms with Gasteiger partial charge in [0.25, 0.3) is 0 Å². The van der Waals surface area contributed by atoms with Crippen LogP contribution in [0.2, 0.25) is 0 Å². The van der Waals surface area contributed by atoms with E-state index < -0.39 is 32.4 Å². The second-order valence-electron chi connectivity index (χ2n) is 4.99. The van der Waals surface area contributed by atoms with Crippen molar-refractivity contribution in [3.05, 3.63) is 29.6 Å². The summed E-state index contributed by atoms with van der Waals surface area (Å²) < 4.78 is 65.6. The maximum atomic E-state index is 13.5. The molecule has 20 heavy (non-hydrogen) atoms. The van der Waals surface area contributed by atoms with Gasteiger partial charge >= 0.3 is 0 Å². The van der Waals surface area contributed by atoms with Crippen LogP contribution in [0.25, 0.3) is 0 Å². The van der Waals surface area contributed by atoms with E-state index in [1.807, 2.05) is 0 Å². The van der Waals surface area contributed by atoms with Crippen molar-refractivity contribution in [2.24, 2.45) is 11.7 Å². The lowest BCUT2D eigenvalue weighted by molar-refractivity contribution is 0.483. The molecule has 1 aromatic rings. The van der Waals surface area contributed by atoms with Crippen molar-refractivity contribution in [1.29, 1.82) is 0 Å². The van der Waals surface area contributed by atoms with Gasteiger partial charge in [0.15, 0.2) is 4.90 Å². The minimum atomic E-state index is -4.35. The fraction of sp³-hybridized carbons (Fsp3) is 0.500. The van der Waals surface area contributed by atoms with Gasteiger partial charge in [0, 0.05) is 24.7 Å². The third kappa shape index (κ3) is 3.31. The number of nitrogens with one attached hydrogen (secondary N) is 1. The Morgan fingerprint density at radius 1 is 1.20 bits per heavy atom. The van der Waals surface area contributed by atoms with Crippen LogP contribution in [0, 0.1) is 23.4 Å². The van der Waals surface area contributed by atoms with Crippen molar-refractivity contribution in [3.63, 3.8) is 0 Å². The second kappa shape index (κ2) is 5.71. The molecule has 0 bridgehead atoms. The molecule has 1 aromatic carbocycles. The topological polar surface area (TPSA) is 72.2 Å². The maximum Gasteiger partial charge on any atom is 0.246 e. The van der Waals surface area contributed by atoms with E-state index in [0.29, 0.717) is 18.6 Å². The summed E-state index contributed by atoms with van der Waals surface area (Å²) in [7, 11) is -4.35. The highest BCUT2D eigenvalue weighted by Crippen LogP contribution is 2.25. The minimum Gasteiger partial charge on any atom is -0.328 e. The Bertz CT molecular complexity index is 584. The molecule has 2 unspecified atom stereocenters. The summed E-state index contributed by atoms with van der Waals surface area (Å²) >= 11 is 0. The van der Waals surface area contributed by atoms with E-state index >= 15 is 0 Å². The van der Waals surface area contributed by atoms with Crippen LogP contribution in [-0.2, 0) is 10.0 Å². The Balaban J connectivity index is 2.15. The molecule has 2 atom stereocenters. The van der Waals surface area contributed by atoms with E-state index in [0.717, 1.165) is 12.8 Å². The van der Waals surface area contributed by atoms with Gasteiger partial charge < -0.3 is 5.73 Å². The summed E-state index contributed by atoms with van der Waals surface area (Å²) in [6, 6.07) is 0.704. The highest BCUT2D eigenvalue weighted by molar-refractivity contribution is 7.89. The lowest BCUT2D eigenvalue weighted by atomic mass is 10.1. The summed E-state index contributed by atoms with van der Waals surface area (Å²) in [5, 5.41) is 0. The summed E-state index contributed by atoms with van der Waals surface area (Å²) in [5.41, 5.74) is 5.70. The van der Waals surface area contributed by atoms with Crippen LogP contribution in [0.4, 0.5) is 13.2 Å². The molecule has 0 spiro atoms. The lowest BCUT2D eigenvalue weighted by Crippen LogP contribution is -2.30. The highest BCUT2D eigenvalue weighted by Gasteiger charge is 2.28. The smallest absolute Gasteiger partial charge is 0.246 e. The van der Waals surface area contributed by atoms with E-state index in [4.69, 9.17) is 5.73 Å². The first-order valence-electron chi connectivity index (χ1n) is 6.19. The van der Waals surface area contributed by atoms with Gasteiger partial charge in [-0.25, -0.2) is 26.3 Å². The Labute approximate surface area is 115 Å². The van der Waals surface area contributed by atoms with Gasteiger partial charge in [0.1, 0.15) is 17.5 Å². The van der Waals surface area contributed by atoms with Crippen LogP contribution in [0.3, 0.4) is 0 Å². The Morgan fingerprint density at radius 3 is 2.30 bits per heavy atom. The zero-order valence-electron chi connectivity index (χ0n) is 10.6. The number of rotatable bonds is 4. The molecule has 0 heterocycles. The predicted octanol–water partition coefficient (Wildman–Crippen LogP) is 1.51. The van der Waals surface area contributed by atoms with Crippen LogP contribution in [-0.4, -0.2) is 21.0 Å². The van der Waals surface area contributed by atoms with Crippen LogP contribution in [0.5, 0.6) is 0 Å². The molecule has 3 N–H and O–H groups in total. The molecule has 2 rings (SSSR count). The zero-order valence-corrected chi connectivity index (χ0v) is 11.4. The number of hydrogen-bond acceptors (Lipinski definition) is 3. The molecule has 112 valence electrons. The van der Waals surface area contributed by atoms with Gasteiger partial charge in [0.05, 0.1) is 0 Å². The molecule has 1 fully saturated rings. The average Bonchev–Trinajstić information content (AvgIpc) is 2.71. The molecule has 0 amide bonds. The van der Waals surface area contributed by atoms with Gasteiger partial charge in [0.2, 0.25) is 10.0 Å². The number of hydrogen-bond donors (Lipinski definition) is 2. The fourth-order valence-corrected chi connectivity index (χ4v) is 3.62. The number of nitrogens with two attached hydrogens (primary N) is 1. The Kier molecular flexibility index (Phi) is 4.36. The van der Waals surface area contributed by atoms with Crippen molar-refractivity contribution in [2.45, 2.75) is 30.2 Å². The van der Waals surface area contributed by atoms with Gasteiger partial charge in [-0.15, -0.1) is 0 Å². The first-order chi connectivity index (χ1) is 9.29. The third-order valence-corrected chi connectivity index (χ3v) is 4.85. The van der Waals surface area contributed by atoms with E-state index in [2.05, 4.69) is 4.72 Å². The Hall–Kier alpha value is -1.12. The molecule has 0 radical (unpaired) electrons. The van der Waals surface area contributed by atoms with Crippen molar-refractivity contribution in [2.75, 3.05) is 6.54 Å². The highest BCUT2D eigenvalue weighted by atomic mass is 32.2. The van der Waals surface area contributed by atoms with Gasteiger partial charge in [-0.1, -0.05) is 0 Å². The van der Waals surface area contributed by atoms with Crippen LogP contribution < -0.4 is 10.5 Å². The first kappa shape index (κ1) is 15.3. The lowest BCUT2D eigenvalue weighted by Gasteiger charge is -2.12. The van der Waals surface area contributed by atoms with Gasteiger partial charge in [-0.2, -0.15) is 0 Å². The fourth-order valence-electron chi connectivity index (χ4n) is 2.38. The molecule has 1 aliphatic rings. The van der Waals surface area contributed by atoms with Crippen LogP contribution in [0.15, 0.2) is 17.0 Å². The van der Waals surface area contributed by atoms with Crippen LogP contribution in [0.1, 0.15) is 19.3 Å². The van der Waals surface area contributed by atoms with E-state index in [1.54, 1.807) is 0 Å². The maximum absolute atomic E-state index is 13.5. The van der Waals surface area contributed by atoms with E-state index in [1.165, 1.54) is 0 Å². The molecule has 8 heteroatoms. The van der Waals surface area contributed by atoms with E-state index in [9.17, 15) is 21.6 Å². The number of benzene rings is 1. The third-order valence-electron chi connectivity index (χ3n) is 3.38. The number of halogens is 3. The Morgan fingerprint density at radius 2 is 1.80 bits per heavy atom. The minimum absolute atomic E-state index is 0.0313. The molecule has 0 aliphatic heterocycles. The number of sulfonamides is 1. The molecule has 0 aromatic heterocycles. The SMILES string of the molecule is NC1CCC(CNS(=O)(=O)c2c(F)cc(F)cc2F)C1. The largest absolute Gasteiger partial charge is 0.328 e. The van der Waals surface area contributed by atoms with E-state index in [-0.39, 0.29) is 18.5 Å². The summed E-state index contributed by atoms with van der Waals surface area (Å²) in [6.45, 7) is 0.0618. The molecule has 4 nitrogen and oxygen atoms in total. The quantitative estimate of drug-likeness (QED) is 0.885.